The molecule has 0 N–H and O–H groups in total. The van der Waals surface area contributed by atoms with E-state index in [1.165, 1.54) is 36.7 Å². The molecule has 158 valence electrons. The van der Waals surface area contributed by atoms with Crippen molar-refractivity contribution >= 4 is 31.2 Å². The van der Waals surface area contributed by atoms with Crippen LogP contribution in [0.5, 0.6) is 0 Å². The van der Waals surface area contributed by atoms with E-state index in [-0.39, 0.29) is 27.8 Å². The van der Waals surface area contributed by atoms with Crippen LogP contribution in [-0.2, 0) is 15.7 Å². The molecule has 0 fully saturated rings. The van der Waals surface area contributed by atoms with Gasteiger partial charge in [-0.15, -0.1) is 0 Å². The van der Waals surface area contributed by atoms with Crippen molar-refractivity contribution in [2.75, 3.05) is 0 Å². The molecule has 5 rings (SSSR count). The fourth-order valence-corrected chi connectivity index (χ4v) is 6.52. The van der Waals surface area contributed by atoms with Gasteiger partial charge in [-0.25, -0.2) is 0 Å². The molecule has 31 heavy (non-hydrogen) atoms. The van der Waals surface area contributed by atoms with E-state index in [0.717, 1.165) is 0 Å². The first kappa shape index (κ1) is 20.4. The van der Waals surface area contributed by atoms with Gasteiger partial charge in [0.15, 0.2) is 0 Å². The molecule has 0 spiro atoms. The molecule has 2 atom stereocenters. The van der Waals surface area contributed by atoms with Gasteiger partial charge in [0.1, 0.15) is 0 Å². The Kier molecular flexibility index (Phi) is 5.65. The van der Waals surface area contributed by atoms with Crippen molar-refractivity contribution in [3.63, 3.8) is 0 Å². The van der Waals surface area contributed by atoms with E-state index in [4.69, 9.17) is 9.69 Å². The van der Waals surface area contributed by atoms with Crippen molar-refractivity contribution in [3.05, 3.63) is 112 Å². The van der Waals surface area contributed by atoms with Crippen LogP contribution >= 0.6 is 9.69 Å². The first-order valence-corrected chi connectivity index (χ1v) is 13.4. The SMILES string of the molecule is C[C@H](c1cccc2ccccc12)n1ccn([C@H](C)c2cccc3ccccc23)[c]1=[Rh][Cl]. The van der Waals surface area contributed by atoms with E-state index < -0.39 is 0 Å². The molecule has 0 radical (unpaired) electrons. The average molecular weight is 515 g/mol. The predicted molar refractivity (Wildman–Crippen MR) is 127 cm³/mol. The summed E-state index contributed by atoms with van der Waals surface area (Å²) in [6, 6.07) is 30.7. The third kappa shape index (κ3) is 3.61. The number of imidazole rings is 1. The Hall–Kier alpha value is -2.48. The Morgan fingerprint density at radius 1 is 0.613 bits per heavy atom. The molecular formula is C27H24ClN2Rh. The zero-order chi connectivity index (χ0) is 21.4. The summed E-state index contributed by atoms with van der Waals surface area (Å²) in [6.45, 7) is 4.53. The number of halogens is 1. The number of nitrogens with zero attached hydrogens (tertiary/aromatic N) is 2. The number of hydrogen-bond donors (Lipinski definition) is 0. The maximum atomic E-state index is 6.61. The molecule has 0 saturated carbocycles. The molecule has 0 saturated heterocycles. The van der Waals surface area contributed by atoms with E-state index in [1.54, 1.807) is 0 Å². The minimum atomic E-state index is -0.240. The van der Waals surface area contributed by atoms with E-state index in [2.05, 4.69) is 120 Å². The van der Waals surface area contributed by atoms with Crippen LogP contribution in [0, 0.1) is 4.01 Å². The Morgan fingerprint density at radius 3 is 1.48 bits per heavy atom. The summed E-state index contributed by atoms with van der Waals surface area (Å²) in [6.07, 6.45) is 4.38. The van der Waals surface area contributed by atoms with Gasteiger partial charge in [0.2, 0.25) is 0 Å². The van der Waals surface area contributed by atoms with Gasteiger partial charge in [-0.1, -0.05) is 0 Å². The monoisotopic (exact) mass is 514 g/mol. The fraction of sp³-hybridized carbons (Fsp3) is 0.148. The molecule has 0 unspecified atom stereocenters. The Labute approximate surface area is 193 Å². The molecule has 0 bridgehead atoms. The summed E-state index contributed by atoms with van der Waals surface area (Å²) < 4.78 is 5.88. The fourth-order valence-electron chi connectivity index (χ4n) is 4.55. The van der Waals surface area contributed by atoms with Crippen molar-refractivity contribution in [1.82, 2.24) is 9.13 Å². The van der Waals surface area contributed by atoms with Crippen molar-refractivity contribution in [2.24, 2.45) is 0 Å². The van der Waals surface area contributed by atoms with Gasteiger partial charge in [-0.2, -0.15) is 0 Å². The summed E-state index contributed by atoms with van der Waals surface area (Å²) >= 11 is -0.240. The van der Waals surface area contributed by atoms with Gasteiger partial charge in [0.25, 0.3) is 0 Å². The second-order valence-electron chi connectivity index (χ2n) is 7.91. The zero-order valence-electron chi connectivity index (χ0n) is 17.5. The van der Waals surface area contributed by atoms with Crippen molar-refractivity contribution < 1.29 is 15.7 Å². The van der Waals surface area contributed by atoms with Crippen molar-refractivity contribution in [2.45, 2.75) is 25.9 Å². The van der Waals surface area contributed by atoms with E-state index >= 15 is 0 Å². The molecule has 2 nitrogen and oxygen atoms in total. The van der Waals surface area contributed by atoms with Gasteiger partial charge in [-0.3, -0.25) is 0 Å². The maximum absolute atomic E-state index is 6.61. The van der Waals surface area contributed by atoms with Crippen LogP contribution in [0.4, 0.5) is 0 Å². The van der Waals surface area contributed by atoms with Gasteiger partial charge in [0, 0.05) is 0 Å². The molecule has 0 aliphatic heterocycles. The van der Waals surface area contributed by atoms with E-state index in [0.29, 0.717) is 0 Å². The molecular weight excluding hydrogens is 491 g/mol. The first-order chi connectivity index (χ1) is 15.2. The van der Waals surface area contributed by atoms with E-state index in [9.17, 15) is 0 Å². The third-order valence-corrected chi connectivity index (χ3v) is 8.02. The Morgan fingerprint density at radius 2 is 1.03 bits per heavy atom. The van der Waals surface area contributed by atoms with Gasteiger partial charge < -0.3 is 0 Å². The van der Waals surface area contributed by atoms with E-state index in [1.807, 2.05) is 0 Å². The average Bonchev–Trinajstić information content (AvgIpc) is 3.26. The van der Waals surface area contributed by atoms with Gasteiger partial charge in [-0.05, 0) is 0 Å². The molecule has 4 heteroatoms. The third-order valence-electron chi connectivity index (χ3n) is 6.23. The summed E-state index contributed by atoms with van der Waals surface area (Å²) in [5, 5.41) is 5.15. The molecule has 5 aromatic rings. The number of fused-ring (bicyclic) bond motifs is 2. The second kappa shape index (κ2) is 8.57. The molecule has 0 aliphatic carbocycles. The number of hydrogen-bond acceptors (Lipinski definition) is 0. The molecule has 0 aliphatic rings. The van der Waals surface area contributed by atoms with Crippen LogP contribution in [0.3, 0.4) is 0 Å². The zero-order valence-corrected chi connectivity index (χ0v) is 19.9. The van der Waals surface area contributed by atoms with Crippen molar-refractivity contribution in [1.29, 1.82) is 0 Å². The van der Waals surface area contributed by atoms with Crippen molar-refractivity contribution in [3.8, 4) is 0 Å². The van der Waals surface area contributed by atoms with Crippen LogP contribution in [0.1, 0.15) is 37.1 Å². The minimum absolute atomic E-state index is 0.199. The Balaban J connectivity index is 1.62. The molecule has 1 heterocycles. The van der Waals surface area contributed by atoms with Crippen LogP contribution in [-0.4, -0.2) is 9.13 Å². The Bertz CT molecular complexity index is 1330. The quantitative estimate of drug-likeness (QED) is 0.219. The predicted octanol–water partition coefficient (Wildman–Crippen LogP) is 7.58. The molecule has 0 amide bonds. The normalized spacial score (nSPS) is 13.6. The number of benzene rings is 4. The summed E-state index contributed by atoms with van der Waals surface area (Å²) in [7, 11) is 6.61. The molecule has 1 aromatic heterocycles. The van der Waals surface area contributed by atoms with Crippen LogP contribution in [0.2, 0.25) is 0 Å². The summed E-state index contributed by atoms with van der Waals surface area (Å²) in [4.78, 5) is 0. The number of aromatic nitrogens is 2. The van der Waals surface area contributed by atoms with Gasteiger partial charge >= 0.3 is 194 Å². The van der Waals surface area contributed by atoms with Gasteiger partial charge in [0.05, 0.1) is 0 Å². The topological polar surface area (TPSA) is 9.86 Å². The molecule has 4 aromatic carbocycles. The van der Waals surface area contributed by atoms with Crippen LogP contribution in [0.15, 0.2) is 97.3 Å². The first-order valence-electron chi connectivity index (χ1n) is 10.5. The second-order valence-corrected chi connectivity index (χ2v) is 9.70. The van der Waals surface area contributed by atoms with Crippen LogP contribution < -0.4 is 0 Å². The number of rotatable bonds is 4. The standard InChI is InChI=1S/C27H24N2.ClH.Rh/c1-20(24-15-7-11-22-9-3-5-13-26(22)24)28-17-18-29(19-28)21(2)25-16-8-12-23-10-4-6-14-27(23)25;;/h3-18,20-21H,1-2H3;1H;/q;;+1/p-1/t20-,21-;;/m1../s1. The van der Waals surface area contributed by atoms with Crippen LogP contribution in [0.25, 0.3) is 21.5 Å². The summed E-state index contributed by atoms with van der Waals surface area (Å²) in [5.74, 6) is 0. The summed E-state index contributed by atoms with van der Waals surface area (Å²) in [5.41, 5.74) is 2.64.